The summed E-state index contributed by atoms with van der Waals surface area (Å²) in [4.78, 5) is 18.2. The lowest BCUT2D eigenvalue weighted by molar-refractivity contribution is -0.132. The third-order valence-electron chi connectivity index (χ3n) is 3.62. The summed E-state index contributed by atoms with van der Waals surface area (Å²) in [5, 5.41) is 8.87. The molecule has 1 rings (SSSR count). The highest BCUT2D eigenvalue weighted by Crippen LogP contribution is 2.06. The Hall–Kier alpha value is -1.12. The number of nitrogens with zero attached hydrogens (tertiary/aromatic N) is 4. The van der Waals surface area contributed by atoms with Crippen molar-refractivity contribution < 1.29 is 4.79 Å². The molecule has 0 saturated carbocycles. The molecule has 1 atom stereocenters. The van der Waals surface area contributed by atoms with Gasteiger partial charge in [-0.1, -0.05) is 0 Å². The van der Waals surface area contributed by atoms with Gasteiger partial charge in [0.2, 0.25) is 5.91 Å². The summed E-state index contributed by atoms with van der Waals surface area (Å²) >= 11 is 0. The molecule has 1 aliphatic heterocycles. The average Bonchev–Trinajstić information content (AvgIpc) is 2.40. The van der Waals surface area contributed by atoms with Gasteiger partial charge >= 0.3 is 0 Å². The summed E-state index contributed by atoms with van der Waals surface area (Å²) in [5.74, 6) is 0.210. The molecule has 1 unspecified atom stereocenters. The Bertz CT molecular complexity index is 301. The fourth-order valence-electron chi connectivity index (χ4n) is 2.26. The van der Waals surface area contributed by atoms with Crippen LogP contribution in [0.4, 0.5) is 0 Å². The van der Waals surface area contributed by atoms with E-state index in [-0.39, 0.29) is 11.9 Å². The number of carbonyl (C=O) groups excluding carboxylic acids is 1. The van der Waals surface area contributed by atoms with Crippen LogP contribution in [0.25, 0.3) is 0 Å². The molecule has 1 amide bonds. The van der Waals surface area contributed by atoms with Gasteiger partial charge < -0.3 is 4.90 Å². The summed E-state index contributed by atoms with van der Waals surface area (Å²) in [7, 11) is 0. The fraction of sp³-hybridized carbons (Fsp3) is 0.846. The molecule has 5 heteroatoms. The Morgan fingerprint density at radius 3 is 2.28 bits per heavy atom. The molecule has 0 aromatic heterocycles. The maximum Gasteiger partial charge on any atom is 0.236 e. The largest absolute Gasteiger partial charge is 0.342 e. The first kappa shape index (κ1) is 14.9. The minimum Gasteiger partial charge on any atom is -0.342 e. The van der Waals surface area contributed by atoms with Gasteiger partial charge in [-0.15, -0.1) is 0 Å². The lowest BCUT2D eigenvalue weighted by Crippen LogP contribution is -2.51. The second kappa shape index (κ2) is 7.34. The number of rotatable bonds is 5. The lowest BCUT2D eigenvalue weighted by Gasteiger charge is -2.36. The van der Waals surface area contributed by atoms with E-state index < -0.39 is 0 Å². The van der Waals surface area contributed by atoms with E-state index in [1.54, 1.807) is 0 Å². The first-order valence-electron chi connectivity index (χ1n) is 6.76. The number of likely N-dealkylation sites (N-methyl/N-ethyl adjacent to an activating group) is 1. The monoisotopic (exact) mass is 252 g/mol. The minimum absolute atomic E-state index is 0.0226. The van der Waals surface area contributed by atoms with Crippen LogP contribution in [0.3, 0.4) is 0 Å². The van der Waals surface area contributed by atoms with Gasteiger partial charge in [-0.25, -0.2) is 0 Å². The number of piperazine rings is 1. The maximum atomic E-state index is 12.0. The van der Waals surface area contributed by atoms with E-state index >= 15 is 0 Å². The summed E-state index contributed by atoms with van der Waals surface area (Å²) in [5.41, 5.74) is 0. The molecular formula is C13H24N4O. The van der Waals surface area contributed by atoms with Crippen LogP contribution in [0.1, 0.15) is 20.8 Å². The molecule has 102 valence electrons. The Kier molecular flexibility index (Phi) is 6.10. The van der Waals surface area contributed by atoms with Crippen molar-refractivity contribution >= 4 is 5.91 Å². The van der Waals surface area contributed by atoms with Gasteiger partial charge in [0, 0.05) is 39.3 Å². The highest BCUT2D eigenvalue weighted by atomic mass is 16.2. The molecular weight excluding hydrogens is 228 g/mol. The fourth-order valence-corrected chi connectivity index (χ4v) is 2.26. The summed E-state index contributed by atoms with van der Waals surface area (Å²) in [6.45, 7) is 11.5. The van der Waals surface area contributed by atoms with Gasteiger partial charge in [-0.2, -0.15) is 5.26 Å². The van der Waals surface area contributed by atoms with Gasteiger partial charge in [0.15, 0.2) is 0 Å². The standard InChI is InChI=1S/C13H24N4O/c1-4-16(5-2)13(18)11-15-6-8-17(9-7-15)12(3)10-14/h12H,4-9,11H2,1-3H3. The molecule has 5 nitrogen and oxygen atoms in total. The van der Waals surface area contributed by atoms with E-state index in [0.717, 1.165) is 39.3 Å². The van der Waals surface area contributed by atoms with E-state index in [0.29, 0.717) is 6.54 Å². The Labute approximate surface area is 110 Å². The summed E-state index contributed by atoms with van der Waals surface area (Å²) in [6.07, 6.45) is 0. The summed E-state index contributed by atoms with van der Waals surface area (Å²) < 4.78 is 0. The van der Waals surface area contributed by atoms with Crippen molar-refractivity contribution in [3.05, 3.63) is 0 Å². The van der Waals surface area contributed by atoms with Crippen LogP contribution >= 0.6 is 0 Å². The molecule has 18 heavy (non-hydrogen) atoms. The zero-order chi connectivity index (χ0) is 13.5. The zero-order valence-corrected chi connectivity index (χ0v) is 11.7. The van der Waals surface area contributed by atoms with Gasteiger partial charge in [-0.05, 0) is 20.8 Å². The minimum atomic E-state index is -0.0226. The number of amides is 1. The van der Waals surface area contributed by atoms with Crippen LogP contribution in [0.15, 0.2) is 0 Å². The normalized spacial score (nSPS) is 19.2. The van der Waals surface area contributed by atoms with E-state index in [1.807, 2.05) is 25.7 Å². The topological polar surface area (TPSA) is 50.6 Å². The van der Waals surface area contributed by atoms with Crippen LogP contribution in [-0.4, -0.2) is 72.5 Å². The molecule has 0 aromatic carbocycles. The average molecular weight is 252 g/mol. The van der Waals surface area contributed by atoms with E-state index in [2.05, 4.69) is 15.9 Å². The summed E-state index contributed by atoms with van der Waals surface area (Å²) in [6, 6.07) is 2.24. The Balaban J connectivity index is 2.36. The molecule has 0 spiro atoms. The predicted molar refractivity (Wildman–Crippen MR) is 71.0 cm³/mol. The van der Waals surface area contributed by atoms with Gasteiger partial charge in [0.05, 0.1) is 18.7 Å². The third kappa shape index (κ3) is 3.97. The first-order chi connectivity index (χ1) is 8.62. The molecule has 1 heterocycles. The van der Waals surface area contributed by atoms with Crippen molar-refractivity contribution in [1.82, 2.24) is 14.7 Å². The zero-order valence-electron chi connectivity index (χ0n) is 11.7. The lowest BCUT2D eigenvalue weighted by atomic mass is 10.2. The number of hydrogen-bond acceptors (Lipinski definition) is 4. The molecule has 0 radical (unpaired) electrons. The molecule has 0 N–H and O–H groups in total. The molecule has 1 fully saturated rings. The first-order valence-corrected chi connectivity index (χ1v) is 6.76. The van der Waals surface area contributed by atoms with E-state index in [1.165, 1.54) is 0 Å². The third-order valence-corrected chi connectivity index (χ3v) is 3.62. The second-order valence-electron chi connectivity index (χ2n) is 4.68. The van der Waals surface area contributed by atoms with Crippen LogP contribution in [0, 0.1) is 11.3 Å². The van der Waals surface area contributed by atoms with Gasteiger partial charge in [0.25, 0.3) is 0 Å². The van der Waals surface area contributed by atoms with Crippen LogP contribution < -0.4 is 0 Å². The van der Waals surface area contributed by atoms with Crippen LogP contribution in [-0.2, 0) is 4.79 Å². The van der Waals surface area contributed by atoms with Crippen molar-refractivity contribution in [2.45, 2.75) is 26.8 Å². The van der Waals surface area contributed by atoms with Gasteiger partial charge in [0.1, 0.15) is 0 Å². The highest BCUT2D eigenvalue weighted by molar-refractivity contribution is 5.78. The second-order valence-corrected chi connectivity index (χ2v) is 4.68. The molecule has 1 aliphatic rings. The smallest absolute Gasteiger partial charge is 0.236 e. The van der Waals surface area contributed by atoms with Crippen molar-refractivity contribution in [2.24, 2.45) is 0 Å². The Morgan fingerprint density at radius 2 is 1.83 bits per heavy atom. The van der Waals surface area contributed by atoms with Crippen LogP contribution in [0.5, 0.6) is 0 Å². The quantitative estimate of drug-likeness (QED) is 0.710. The SMILES string of the molecule is CCN(CC)C(=O)CN1CCN(C(C)C#N)CC1. The van der Waals surface area contributed by atoms with E-state index in [4.69, 9.17) is 5.26 Å². The molecule has 0 aromatic rings. The van der Waals surface area contributed by atoms with Crippen molar-refractivity contribution in [3.8, 4) is 6.07 Å². The van der Waals surface area contributed by atoms with Crippen molar-refractivity contribution in [3.63, 3.8) is 0 Å². The molecule has 0 aliphatic carbocycles. The van der Waals surface area contributed by atoms with Crippen molar-refractivity contribution in [2.75, 3.05) is 45.8 Å². The predicted octanol–water partition coefficient (Wildman–Crippen LogP) is 0.384. The Morgan fingerprint density at radius 1 is 1.28 bits per heavy atom. The number of carbonyl (C=O) groups is 1. The van der Waals surface area contributed by atoms with Crippen molar-refractivity contribution in [1.29, 1.82) is 5.26 Å². The van der Waals surface area contributed by atoms with Crippen LogP contribution in [0.2, 0.25) is 0 Å². The molecule has 0 bridgehead atoms. The number of hydrogen-bond donors (Lipinski definition) is 0. The number of nitriles is 1. The van der Waals surface area contributed by atoms with Gasteiger partial charge in [-0.3, -0.25) is 14.6 Å². The molecule has 1 saturated heterocycles. The highest BCUT2D eigenvalue weighted by Gasteiger charge is 2.23. The van der Waals surface area contributed by atoms with E-state index in [9.17, 15) is 4.79 Å². The maximum absolute atomic E-state index is 12.0.